The van der Waals surface area contributed by atoms with Crippen LogP contribution in [-0.4, -0.2) is 11.6 Å². The third-order valence-electron chi connectivity index (χ3n) is 4.33. The van der Waals surface area contributed by atoms with Gasteiger partial charge in [0, 0.05) is 12.3 Å². The first kappa shape index (κ1) is 18.9. The molecule has 1 unspecified atom stereocenters. The second-order valence-electron chi connectivity index (χ2n) is 6.29. The van der Waals surface area contributed by atoms with Gasteiger partial charge >= 0.3 is 0 Å². The van der Waals surface area contributed by atoms with E-state index in [0.717, 1.165) is 24.8 Å². The summed E-state index contributed by atoms with van der Waals surface area (Å²) in [4.78, 5) is 24.2. The average Bonchev–Trinajstić information content (AvgIpc) is 2.67. The molecule has 2 rings (SSSR count). The van der Waals surface area contributed by atoms with Crippen LogP contribution in [0.3, 0.4) is 0 Å². The highest BCUT2D eigenvalue weighted by Gasteiger charge is 2.12. The maximum atomic E-state index is 12.1. The number of carbonyl (C=O) groups is 2. The number of hydrogen-bond acceptors (Lipinski definition) is 2. The second kappa shape index (κ2) is 10.4. The van der Waals surface area contributed by atoms with Gasteiger partial charge in [0.25, 0.3) is 0 Å². The standard InChI is InChI=1S/C23H26O2/c1-2-3-12-21(20-13-8-5-9-14-20)16-18-23(25)22(24)17-15-19-10-6-4-7-11-19/h4-11,13-14,16,18,21H,2-3,12,15,17H2,1H3. The van der Waals surface area contributed by atoms with Gasteiger partial charge in [0.05, 0.1) is 0 Å². The fourth-order valence-electron chi connectivity index (χ4n) is 2.82. The second-order valence-corrected chi connectivity index (χ2v) is 6.29. The van der Waals surface area contributed by atoms with Gasteiger partial charge < -0.3 is 0 Å². The minimum absolute atomic E-state index is 0.187. The quantitative estimate of drug-likeness (QED) is 0.437. The van der Waals surface area contributed by atoms with Crippen LogP contribution in [0.2, 0.25) is 0 Å². The van der Waals surface area contributed by atoms with Crippen LogP contribution in [0.1, 0.15) is 49.7 Å². The first-order valence-electron chi connectivity index (χ1n) is 9.05. The predicted molar refractivity (Wildman–Crippen MR) is 103 cm³/mol. The number of allylic oxidation sites excluding steroid dienone is 2. The van der Waals surface area contributed by atoms with Crippen LogP contribution >= 0.6 is 0 Å². The predicted octanol–water partition coefficient (Wildman–Crippen LogP) is 5.29. The van der Waals surface area contributed by atoms with Crippen molar-refractivity contribution in [3.8, 4) is 0 Å². The third kappa shape index (κ3) is 6.50. The average molecular weight is 334 g/mol. The Hall–Kier alpha value is -2.48. The van der Waals surface area contributed by atoms with E-state index in [-0.39, 0.29) is 18.1 Å². The van der Waals surface area contributed by atoms with E-state index in [4.69, 9.17) is 0 Å². The first-order valence-corrected chi connectivity index (χ1v) is 9.05. The molecule has 0 aliphatic carbocycles. The van der Waals surface area contributed by atoms with Gasteiger partial charge in [-0.25, -0.2) is 0 Å². The molecule has 130 valence electrons. The summed E-state index contributed by atoms with van der Waals surface area (Å²) in [5.74, 6) is -0.525. The normalized spacial score (nSPS) is 12.2. The van der Waals surface area contributed by atoms with Crippen LogP contribution in [0.25, 0.3) is 0 Å². The van der Waals surface area contributed by atoms with E-state index < -0.39 is 5.78 Å². The van der Waals surface area contributed by atoms with Gasteiger partial charge in [-0.05, 0) is 30.0 Å². The highest BCUT2D eigenvalue weighted by atomic mass is 16.2. The molecule has 0 aliphatic rings. The summed E-state index contributed by atoms with van der Waals surface area (Å²) >= 11 is 0. The Balaban J connectivity index is 1.94. The third-order valence-corrected chi connectivity index (χ3v) is 4.33. The number of carbonyl (C=O) groups excluding carboxylic acids is 2. The molecule has 2 heteroatoms. The minimum Gasteiger partial charge on any atom is -0.290 e. The molecule has 25 heavy (non-hydrogen) atoms. The molecule has 2 aromatic carbocycles. The summed E-state index contributed by atoms with van der Waals surface area (Å²) in [6.07, 6.45) is 7.44. The fraction of sp³-hybridized carbons (Fsp3) is 0.304. The molecule has 1 atom stereocenters. The molecule has 2 aromatic rings. The summed E-state index contributed by atoms with van der Waals surface area (Å²) in [5.41, 5.74) is 2.27. The smallest absolute Gasteiger partial charge is 0.221 e. The molecule has 0 saturated heterocycles. The van der Waals surface area contributed by atoms with Crippen molar-refractivity contribution in [3.63, 3.8) is 0 Å². The van der Waals surface area contributed by atoms with Crippen molar-refractivity contribution in [2.24, 2.45) is 0 Å². The van der Waals surface area contributed by atoms with Gasteiger partial charge in [-0.15, -0.1) is 0 Å². The summed E-state index contributed by atoms with van der Waals surface area (Å²) in [7, 11) is 0. The van der Waals surface area contributed by atoms with Crippen molar-refractivity contribution in [3.05, 3.63) is 83.9 Å². The van der Waals surface area contributed by atoms with E-state index in [2.05, 4.69) is 19.1 Å². The zero-order chi connectivity index (χ0) is 17.9. The lowest BCUT2D eigenvalue weighted by atomic mass is 9.92. The summed E-state index contributed by atoms with van der Waals surface area (Å²) in [6.45, 7) is 2.16. The van der Waals surface area contributed by atoms with E-state index in [0.29, 0.717) is 6.42 Å². The molecule has 0 saturated carbocycles. The lowest BCUT2D eigenvalue weighted by molar-refractivity contribution is -0.133. The lowest BCUT2D eigenvalue weighted by Gasteiger charge is -2.12. The molecule has 0 N–H and O–H groups in total. The number of aryl methyl sites for hydroxylation is 1. The van der Waals surface area contributed by atoms with E-state index in [1.165, 1.54) is 11.6 Å². The highest BCUT2D eigenvalue weighted by molar-refractivity contribution is 6.41. The van der Waals surface area contributed by atoms with Gasteiger partial charge in [0.15, 0.2) is 0 Å². The largest absolute Gasteiger partial charge is 0.290 e. The number of Topliss-reactive ketones (excluding diaryl/α,β-unsaturated/α-hetero) is 1. The van der Waals surface area contributed by atoms with Crippen LogP contribution in [0.4, 0.5) is 0 Å². The number of hydrogen-bond donors (Lipinski definition) is 0. The zero-order valence-electron chi connectivity index (χ0n) is 14.9. The van der Waals surface area contributed by atoms with E-state index >= 15 is 0 Å². The lowest BCUT2D eigenvalue weighted by Crippen LogP contribution is -2.12. The molecule has 0 radical (unpaired) electrons. The molecule has 0 aliphatic heterocycles. The van der Waals surface area contributed by atoms with Gasteiger partial charge in [-0.1, -0.05) is 86.5 Å². The number of benzene rings is 2. The van der Waals surface area contributed by atoms with Crippen molar-refractivity contribution < 1.29 is 9.59 Å². The van der Waals surface area contributed by atoms with Crippen molar-refractivity contribution in [2.75, 3.05) is 0 Å². The zero-order valence-corrected chi connectivity index (χ0v) is 14.9. The van der Waals surface area contributed by atoms with Crippen LogP contribution in [0, 0.1) is 0 Å². The van der Waals surface area contributed by atoms with Crippen molar-refractivity contribution >= 4 is 11.6 Å². The molecular weight excluding hydrogens is 308 g/mol. The molecule has 0 fully saturated rings. The monoisotopic (exact) mass is 334 g/mol. The van der Waals surface area contributed by atoms with E-state index in [1.54, 1.807) is 0 Å². The Morgan fingerprint density at radius 2 is 1.60 bits per heavy atom. The van der Waals surface area contributed by atoms with Gasteiger partial charge in [-0.2, -0.15) is 0 Å². The SMILES string of the molecule is CCCCC(C=CC(=O)C(=O)CCc1ccccc1)c1ccccc1. The Bertz CT molecular complexity index is 687. The highest BCUT2D eigenvalue weighted by Crippen LogP contribution is 2.23. The molecule has 2 nitrogen and oxygen atoms in total. The molecule has 0 amide bonds. The Morgan fingerprint density at radius 1 is 0.960 bits per heavy atom. The molecule has 0 bridgehead atoms. The Kier molecular flexibility index (Phi) is 7.84. The van der Waals surface area contributed by atoms with Gasteiger partial charge in [0.2, 0.25) is 11.6 Å². The van der Waals surface area contributed by atoms with Crippen molar-refractivity contribution in [2.45, 2.75) is 44.9 Å². The number of unbranched alkanes of at least 4 members (excludes halogenated alkanes) is 1. The first-order chi connectivity index (χ1) is 12.2. The molecular formula is C23H26O2. The van der Waals surface area contributed by atoms with E-state index in [1.807, 2.05) is 54.6 Å². The maximum absolute atomic E-state index is 12.1. The fourth-order valence-corrected chi connectivity index (χ4v) is 2.82. The van der Waals surface area contributed by atoms with Crippen LogP contribution in [0.5, 0.6) is 0 Å². The summed E-state index contributed by atoms with van der Waals surface area (Å²) in [5, 5.41) is 0. The van der Waals surface area contributed by atoms with Gasteiger partial charge in [0.1, 0.15) is 0 Å². The molecule has 0 aromatic heterocycles. The topological polar surface area (TPSA) is 34.1 Å². The van der Waals surface area contributed by atoms with E-state index in [9.17, 15) is 9.59 Å². The van der Waals surface area contributed by atoms with Crippen LogP contribution < -0.4 is 0 Å². The Labute approximate surface area is 150 Å². The molecule has 0 spiro atoms. The minimum atomic E-state index is -0.395. The number of rotatable bonds is 10. The van der Waals surface area contributed by atoms with Gasteiger partial charge in [-0.3, -0.25) is 9.59 Å². The summed E-state index contributed by atoms with van der Waals surface area (Å²) < 4.78 is 0. The van der Waals surface area contributed by atoms with Crippen molar-refractivity contribution in [1.29, 1.82) is 0 Å². The Morgan fingerprint density at radius 3 is 2.24 bits per heavy atom. The summed E-state index contributed by atoms with van der Waals surface area (Å²) in [6, 6.07) is 19.9. The van der Waals surface area contributed by atoms with Crippen LogP contribution in [-0.2, 0) is 16.0 Å². The molecule has 0 heterocycles. The van der Waals surface area contributed by atoms with Crippen LogP contribution in [0.15, 0.2) is 72.8 Å². The van der Waals surface area contributed by atoms with Crippen molar-refractivity contribution in [1.82, 2.24) is 0 Å². The maximum Gasteiger partial charge on any atom is 0.221 e. The number of ketones is 2.